The molecule has 278 valence electrons. The zero-order valence-corrected chi connectivity index (χ0v) is 29.3. The van der Waals surface area contributed by atoms with Gasteiger partial charge in [0, 0.05) is 56.4 Å². The number of rotatable bonds is 15. The first-order chi connectivity index (χ1) is 24.9. The van der Waals surface area contributed by atoms with Crippen LogP contribution in [0.3, 0.4) is 0 Å². The van der Waals surface area contributed by atoms with Crippen LogP contribution in [0.25, 0.3) is 0 Å². The molecule has 2 heterocycles. The molecule has 4 N–H and O–H groups in total. The normalized spacial score (nSPS) is 17.0. The van der Waals surface area contributed by atoms with Crippen molar-refractivity contribution in [1.82, 2.24) is 24.6 Å². The Kier molecular flexibility index (Phi) is 12.9. The number of carbonyl (C=O) groups excluding carboxylic acids is 1. The molecule has 0 unspecified atom stereocenters. The lowest BCUT2D eigenvalue weighted by Gasteiger charge is -2.38. The van der Waals surface area contributed by atoms with Gasteiger partial charge in [0.25, 0.3) is 16.1 Å². The van der Waals surface area contributed by atoms with E-state index in [4.69, 9.17) is 11.6 Å². The van der Waals surface area contributed by atoms with Gasteiger partial charge in [0.15, 0.2) is 0 Å². The molecule has 0 spiro atoms. The lowest BCUT2D eigenvalue weighted by atomic mass is 9.66. The molecule has 1 aromatic heterocycles. The Morgan fingerprint density at radius 3 is 2.42 bits per heavy atom. The summed E-state index contributed by atoms with van der Waals surface area (Å²) < 4.78 is 104. The Hall–Kier alpha value is -4.15. The number of carbonyl (C=O) groups is 1. The second kappa shape index (κ2) is 17.1. The first-order valence-corrected chi connectivity index (χ1v) is 18.4. The molecule has 0 bridgehead atoms. The Balaban J connectivity index is 1.59. The zero-order chi connectivity index (χ0) is 37.5. The van der Waals surface area contributed by atoms with Gasteiger partial charge in [0.1, 0.15) is 35.2 Å². The zero-order valence-electron chi connectivity index (χ0n) is 27.8. The minimum absolute atomic E-state index is 0.00914. The number of aromatic hydroxyl groups is 1. The lowest BCUT2D eigenvalue weighted by Crippen LogP contribution is -2.57. The highest BCUT2D eigenvalue weighted by atomic mass is 35.5. The summed E-state index contributed by atoms with van der Waals surface area (Å²) in [5.74, 6) is -4.63. The molecule has 1 saturated heterocycles. The summed E-state index contributed by atoms with van der Waals surface area (Å²) in [6.07, 6.45) is 0.486. The third-order valence-electron chi connectivity index (χ3n) is 9.08. The molecular formula is C36H37ClF5N5O4S. The topological polar surface area (TPSA) is 124 Å². The Morgan fingerprint density at radius 1 is 1.02 bits per heavy atom. The number of alkyl halides is 2. The second-order valence-corrected chi connectivity index (χ2v) is 14.4. The van der Waals surface area contributed by atoms with Gasteiger partial charge in [-0.05, 0) is 77.9 Å². The average Bonchev–Trinajstić information content (AvgIpc) is 3.12. The van der Waals surface area contributed by atoms with E-state index in [1.165, 1.54) is 40.8 Å². The second-order valence-electron chi connectivity index (χ2n) is 12.4. The van der Waals surface area contributed by atoms with Crippen molar-refractivity contribution < 1.29 is 40.3 Å². The van der Waals surface area contributed by atoms with E-state index in [-0.39, 0.29) is 72.5 Å². The molecule has 1 aliphatic heterocycles. The van der Waals surface area contributed by atoms with Crippen LogP contribution in [0.15, 0.2) is 79.1 Å². The van der Waals surface area contributed by atoms with Crippen molar-refractivity contribution in [3.63, 3.8) is 0 Å². The monoisotopic (exact) mass is 765 g/mol. The molecule has 9 nitrogen and oxygen atoms in total. The number of para-hydroxylation sites is 1. The molecule has 4 aromatic rings. The van der Waals surface area contributed by atoms with E-state index in [1.54, 1.807) is 6.07 Å². The predicted molar refractivity (Wildman–Crippen MR) is 186 cm³/mol. The minimum atomic E-state index is -4.17. The molecular weight excluding hydrogens is 729 g/mol. The SMILES string of the molecule is O=C(NCC[C@](c1ccc(F)cc1)(c1cc(F)cc(F)c1)c1cncc(F)c1CC[C@H]1CNCCN1S(=O)(=O)NC[C@H](F)CCl)c1ccccc1O. The number of amides is 1. The highest BCUT2D eigenvalue weighted by Gasteiger charge is 2.41. The molecule has 3 aromatic carbocycles. The van der Waals surface area contributed by atoms with E-state index in [1.807, 2.05) is 0 Å². The fraction of sp³-hybridized carbons (Fsp3) is 0.333. The number of benzene rings is 3. The maximum Gasteiger partial charge on any atom is 0.279 e. The molecule has 1 amide bonds. The predicted octanol–water partition coefficient (Wildman–Crippen LogP) is 5.12. The number of hydrogen-bond donors (Lipinski definition) is 4. The van der Waals surface area contributed by atoms with E-state index >= 15 is 13.2 Å². The number of phenolic OH excluding ortho intramolecular Hbond substituents is 1. The summed E-state index contributed by atoms with van der Waals surface area (Å²) in [5, 5.41) is 16.1. The van der Waals surface area contributed by atoms with Crippen molar-refractivity contribution in [1.29, 1.82) is 0 Å². The van der Waals surface area contributed by atoms with Crippen LogP contribution in [0.4, 0.5) is 22.0 Å². The number of hydrogen-bond acceptors (Lipinski definition) is 6. The van der Waals surface area contributed by atoms with Crippen molar-refractivity contribution >= 4 is 27.7 Å². The highest BCUT2D eigenvalue weighted by Crippen LogP contribution is 2.45. The lowest BCUT2D eigenvalue weighted by molar-refractivity contribution is 0.0949. The standard InChI is InChI=1S/C36H37ClF5N5O4S/c37-18-28(41)19-46-52(50,51)47-14-13-43-20-29(47)9-10-30-32(21-44-22-33(30)42)36(23-5-7-25(38)8-6-23,24-15-26(39)17-27(40)16-24)11-12-45-35(49)31-3-1-2-4-34(31)48/h1-8,15-17,21-22,28-29,43,46,48H,9-14,18-20H2,(H,45,49)/t28-,29+,36+/m1/s1. The summed E-state index contributed by atoms with van der Waals surface area (Å²) in [6, 6.07) is 13.0. The van der Waals surface area contributed by atoms with Crippen LogP contribution in [-0.4, -0.2) is 79.5 Å². The molecule has 0 saturated carbocycles. The molecule has 0 aliphatic carbocycles. The van der Waals surface area contributed by atoms with Gasteiger partial charge in [-0.2, -0.15) is 17.4 Å². The summed E-state index contributed by atoms with van der Waals surface area (Å²) in [5.41, 5.74) is -1.22. The fourth-order valence-electron chi connectivity index (χ4n) is 6.59. The Labute approximate surface area is 303 Å². The van der Waals surface area contributed by atoms with Gasteiger partial charge in [0.05, 0.1) is 17.6 Å². The van der Waals surface area contributed by atoms with Gasteiger partial charge in [-0.1, -0.05) is 24.3 Å². The van der Waals surface area contributed by atoms with Gasteiger partial charge in [-0.15, -0.1) is 11.6 Å². The van der Waals surface area contributed by atoms with E-state index in [0.717, 1.165) is 30.5 Å². The van der Waals surface area contributed by atoms with Crippen LogP contribution in [0.1, 0.15) is 45.5 Å². The maximum absolute atomic E-state index is 16.1. The first kappa shape index (κ1) is 39.1. The molecule has 0 radical (unpaired) electrons. The molecule has 1 aliphatic rings. The molecule has 52 heavy (non-hydrogen) atoms. The number of halogens is 6. The number of phenols is 1. The van der Waals surface area contributed by atoms with E-state index in [2.05, 4.69) is 20.3 Å². The third-order valence-corrected chi connectivity index (χ3v) is 11.0. The third kappa shape index (κ3) is 8.89. The minimum Gasteiger partial charge on any atom is -0.507 e. The summed E-state index contributed by atoms with van der Waals surface area (Å²) in [4.78, 5) is 17.2. The number of pyridine rings is 1. The first-order valence-electron chi connectivity index (χ1n) is 16.4. The van der Waals surface area contributed by atoms with Crippen LogP contribution in [-0.2, 0) is 22.0 Å². The van der Waals surface area contributed by atoms with Crippen molar-refractivity contribution in [3.8, 4) is 5.75 Å². The van der Waals surface area contributed by atoms with Crippen LogP contribution in [0, 0.1) is 23.3 Å². The van der Waals surface area contributed by atoms with Gasteiger partial charge in [-0.25, -0.2) is 22.0 Å². The van der Waals surface area contributed by atoms with Crippen LogP contribution < -0.4 is 15.4 Å². The van der Waals surface area contributed by atoms with Gasteiger partial charge in [0.2, 0.25) is 0 Å². The highest BCUT2D eigenvalue weighted by molar-refractivity contribution is 7.87. The fourth-order valence-corrected chi connectivity index (χ4v) is 8.16. The largest absolute Gasteiger partial charge is 0.507 e. The van der Waals surface area contributed by atoms with E-state index < -0.39 is 69.4 Å². The number of nitrogens with one attached hydrogen (secondary N) is 3. The van der Waals surface area contributed by atoms with Crippen molar-refractivity contribution in [2.75, 3.05) is 38.6 Å². The van der Waals surface area contributed by atoms with E-state index in [9.17, 15) is 27.1 Å². The number of aromatic nitrogens is 1. The van der Waals surface area contributed by atoms with Gasteiger partial charge < -0.3 is 15.7 Å². The molecule has 5 rings (SSSR count). The number of piperazine rings is 1. The molecule has 1 fully saturated rings. The van der Waals surface area contributed by atoms with Crippen molar-refractivity contribution in [2.24, 2.45) is 0 Å². The summed E-state index contributed by atoms with van der Waals surface area (Å²) in [7, 11) is -4.17. The van der Waals surface area contributed by atoms with Crippen LogP contribution in [0.2, 0.25) is 0 Å². The smallest absolute Gasteiger partial charge is 0.279 e. The van der Waals surface area contributed by atoms with Crippen molar-refractivity contribution in [2.45, 2.75) is 36.9 Å². The Morgan fingerprint density at radius 2 is 1.73 bits per heavy atom. The van der Waals surface area contributed by atoms with Crippen LogP contribution >= 0.6 is 11.6 Å². The van der Waals surface area contributed by atoms with Crippen LogP contribution in [0.5, 0.6) is 5.75 Å². The molecule has 16 heteroatoms. The van der Waals surface area contributed by atoms with Gasteiger partial charge >= 0.3 is 0 Å². The molecule has 3 atom stereocenters. The summed E-state index contributed by atoms with van der Waals surface area (Å²) >= 11 is 5.51. The average molecular weight is 766 g/mol. The summed E-state index contributed by atoms with van der Waals surface area (Å²) in [6.45, 7) is -0.167. The number of nitrogens with zero attached hydrogens (tertiary/aromatic N) is 2. The van der Waals surface area contributed by atoms with Crippen molar-refractivity contribution in [3.05, 3.63) is 130 Å². The maximum atomic E-state index is 16.1. The van der Waals surface area contributed by atoms with E-state index in [0.29, 0.717) is 12.6 Å². The quantitative estimate of drug-likeness (QED) is 0.0986. The Bertz CT molecular complexity index is 1960. The van der Waals surface area contributed by atoms with Gasteiger partial charge in [-0.3, -0.25) is 9.78 Å².